The minimum atomic E-state index is -1.82. The molecule has 9 heteroatoms. The monoisotopic (exact) mass is 444 g/mol. The van der Waals surface area contributed by atoms with Crippen LogP contribution in [-0.2, 0) is 14.4 Å². The highest BCUT2D eigenvalue weighted by molar-refractivity contribution is 6.27. The number of carbonyl (C=O) groups excluding carboxylic acids is 1. The van der Waals surface area contributed by atoms with E-state index in [2.05, 4.69) is 17.0 Å². The average Bonchev–Trinajstić information content (AvgIpc) is 2.79. The first-order valence-electron chi connectivity index (χ1n) is 10.2. The maximum Gasteiger partial charge on any atom is 0.414 e. The number of amides is 1. The molecule has 9 nitrogen and oxygen atoms in total. The van der Waals surface area contributed by atoms with Crippen molar-refractivity contribution in [2.24, 2.45) is 11.7 Å². The van der Waals surface area contributed by atoms with E-state index in [1.54, 1.807) is 0 Å². The maximum atomic E-state index is 11.2. The lowest BCUT2D eigenvalue weighted by molar-refractivity contribution is -0.159. The molecule has 1 fully saturated rings. The van der Waals surface area contributed by atoms with Crippen LogP contribution in [-0.4, -0.2) is 70.4 Å². The SMILES string of the molecule is NC(=O)C1CCN(CC(O)COc2ccc(-c3ccccc3)cc2)CC1.O=C(O)C(=O)O. The second kappa shape index (κ2) is 12.4. The molecule has 0 aromatic heterocycles. The minimum Gasteiger partial charge on any atom is -0.491 e. The van der Waals surface area contributed by atoms with Gasteiger partial charge in [0.25, 0.3) is 0 Å². The van der Waals surface area contributed by atoms with Crippen molar-refractivity contribution in [1.29, 1.82) is 0 Å². The topological polar surface area (TPSA) is 150 Å². The van der Waals surface area contributed by atoms with E-state index in [0.29, 0.717) is 6.54 Å². The van der Waals surface area contributed by atoms with Crippen molar-refractivity contribution in [3.05, 3.63) is 54.6 Å². The van der Waals surface area contributed by atoms with E-state index < -0.39 is 18.0 Å². The molecule has 0 radical (unpaired) electrons. The number of aliphatic hydroxyl groups is 1. The summed E-state index contributed by atoms with van der Waals surface area (Å²) in [4.78, 5) is 31.5. The fourth-order valence-electron chi connectivity index (χ4n) is 3.32. The molecule has 0 saturated carbocycles. The molecule has 5 N–H and O–H groups in total. The molecule has 2 aromatic rings. The Hall–Kier alpha value is -3.43. The molecule has 1 atom stereocenters. The van der Waals surface area contributed by atoms with E-state index in [-0.39, 0.29) is 18.4 Å². The highest BCUT2D eigenvalue weighted by Crippen LogP contribution is 2.22. The molecular weight excluding hydrogens is 416 g/mol. The van der Waals surface area contributed by atoms with Gasteiger partial charge in [-0.1, -0.05) is 42.5 Å². The fourth-order valence-corrected chi connectivity index (χ4v) is 3.32. The number of ether oxygens (including phenoxy) is 1. The number of piperidine rings is 1. The number of benzene rings is 2. The number of β-amino-alcohol motifs (C(OH)–C–C–N with tert-alkyl or cyclic N) is 1. The molecule has 3 rings (SSSR count). The Morgan fingerprint density at radius 3 is 1.97 bits per heavy atom. The smallest absolute Gasteiger partial charge is 0.414 e. The number of carboxylic acid groups (broad SMARTS) is 2. The molecule has 1 amide bonds. The summed E-state index contributed by atoms with van der Waals surface area (Å²) in [7, 11) is 0. The van der Waals surface area contributed by atoms with Crippen LogP contribution in [0.15, 0.2) is 54.6 Å². The molecule has 172 valence electrons. The second-order valence-corrected chi connectivity index (χ2v) is 7.44. The van der Waals surface area contributed by atoms with E-state index in [1.807, 2.05) is 42.5 Å². The Labute approximate surface area is 186 Å². The molecule has 32 heavy (non-hydrogen) atoms. The largest absolute Gasteiger partial charge is 0.491 e. The van der Waals surface area contributed by atoms with Crippen LogP contribution >= 0.6 is 0 Å². The van der Waals surface area contributed by atoms with Crippen LogP contribution in [0.3, 0.4) is 0 Å². The summed E-state index contributed by atoms with van der Waals surface area (Å²) in [6, 6.07) is 18.1. The molecular formula is C23H28N2O7. The van der Waals surface area contributed by atoms with Gasteiger partial charge in [0.05, 0.1) is 0 Å². The average molecular weight is 444 g/mol. The summed E-state index contributed by atoms with van der Waals surface area (Å²) < 4.78 is 5.71. The number of rotatable bonds is 7. The van der Waals surface area contributed by atoms with E-state index in [4.69, 9.17) is 30.3 Å². The van der Waals surface area contributed by atoms with Crippen molar-refractivity contribution >= 4 is 17.8 Å². The molecule has 1 aliphatic rings. The second-order valence-electron chi connectivity index (χ2n) is 7.44. The Kier molecular flexibility index (Phi) is 9.65. The lowest BCUT2D eigenvalue weighted by Crippen LogP contribution is -2.43. The lowest BCUT2D eigenvalue weighted by Gasteiger charge is -2.31. The summed E-state index contributed by atoms with van der Waals surface area (Å²) >= 11 is 0. The molecule has 1 aliphatic heterocycles. The summed E-state index contributed by atoms with van der Waals surface area (Å²) in [5.41, 5.74) is 7.65. The zero-order valence-corrected chi connectivity index (χ0v) is 17.6. The van der Waals surface area contributed by atoms with Gasteiger partial charge in [0, 0.05) is 12.5 Å². The number of aliphatic carboxylic acids is 2. The van der Waals surface area contributed by atoms with E-state index >= 15 is 0 Å². The number of carboxylic acids is 2. The first-order chi connectivity index (χ1) is 15.3. The van der Waals surface area contributed by atoms with Crippen LogP contribution in [0.5, 0.6) is 5.75 Å². The zero-order chi connectivity index (χ0) is 23.5. The predicted octanol–water partition coefficient (Wildman–Crippen LogP) is 1.45. The third-order valence-corrected chi connectivity index (χ3v) is 5.05. The zero-order valence-electron chi connectivity index (χ0n) is 17.6. The molecule has 1 unspecified atom stereocenters. The first kappa shape index (κ1) is 24.8. The third-order valence-electron chi connectivity index (χ3n) is 5.05. The number of hydrogen-bond donors (Lipinski definition) is 4. The van der Waals surface area contributed by atoms with E-state index in [9.17, 15) is 9.90 Å². The van der Waals surface area contributed by atoms with Gasteiger partial charge in [-0.15, -0.1) is 0 Å². The molecule has 0 aliphatic carbocycles. The summed E-state index contributed by atoms with van der Waals surface area (Å²) in [6.45, 7) is 2.38. The number of primary amides is 1. The lowest BCUT2D eigenvalue weighted by atomic mass is 9.96. The first-order valence-corrected chi connectivity index (χ1v) is 10.2. The van der Waals surface area contributed by atoms with Crippen molar-refractivity contribution < 1.29 is 34.4 Å². The molecule has 0 spiro atoms. The summed E-state index contributed by atoms with van der Waals surface area (Å²) in [5.74, 6) is -3.14. The van der Waals surface area contributed by atoms with Crippen LogP contribution < -0.4 is 10.5 Å². The molecule has 1 heterocycles. The van der Waals surface area contributed by atoms with Gasteiger partial charge in [0.15, 0.2) is 0 Å². The van der Waals surface area contributed by atoms with Crippen LogP contribution in [0.25, 0.3) is 11.1 Å². The van der Waals surface area contributed by atoms with Gasteiger partial charge < -0.3 is 30.7 Å². The van der Waals surface area contributed by atoms with Crippen molar-refractivity contribution in [2.75, 3.05) is 26.2 Å². The van der Waals surface area contributed by atoms with Crippen molar-refractivity contribution in [2.45, 2.75) is 18.9 Å². The number of hydrogen-bond acceptors (Lipinski definition) is 6. The predicted molar refractivity (Wildman–Crippen MR) is 117 cm³/mol. The van der Waals surface area contributed by atoms with Gasteiger partial charge in [0.1, 0.15) is 18.5 Å². The van der Waals surface area contributed by atoms with E-state index in [0.717, 1.165) is 37.2 Å². The van der Waals surface area contributed by atoms with Crippen molar-refractivity contribution in [3.63, 3.8) is 0 Å². The fraction of sp³-hybridized carbons (Fsp3) is 0.348. The van der Waals surface area contributed by atoms with Crippen molar-refractivity contribution in [3.8, 4) is 16.9 Å². The minimum absolute atomic E-state index is 0.0252. The number of carbonyl (C=O) groups is 3. The third kappa shape index (κ3) is 8.37. The molecule has 1 saturated heterocycles. The highest BCUT2D eigenvalue weighted by Gasteiger charge is 2.24. The Morgan fingerprint density at radius 1 is 0.938 bits per heavy atom. The van der Waals surface area contributed by atoms with Crippen LogP contribution in [0.4, 0.5) is 0 Å². The normalized spacial score (nSPS) is 15.2. The van der Waals surface area contributed by atoms with Gasteiger partial charge >= 0.3 is 11.9 Å². The Morgan fingerprint density at radius 2 is 1.47 bits per heavy atom. The van der Waals surface area contributed by atoms with Crippen LogP contribution in [0.2, 0.25) is 0 Å². The Bertz CT molecular complexity index is 867. The molecule has 0 bridgehead atoms. The van der Waals surface area contributed by atoms with Crippen LogP contribution in [0, 0.1) is 5.92 Å². The number of aliphatic hydroxyl groups excluding tert-OH is 1. The summed E-state index contributed by atoms with van der Waals surface area (Å²) in [5, 5.41) is 25.0. The summed E-state index contributed by atoms with van der Waals surface area (Å²) in [6.07, 6.45) is 0.974. The molecule has 2 aromatic carbocycles. The van der Waals surface area contributed by atoms with Gasteiger partial charge in [-0.05, 0) is 49.2 Å². The Balaban J connectivity index is 0.000000534. The number of nitrogens with zero attached hydrogens (tertiary/aromatic N) is 1. The number of nitrogens with two attached hydrogens (primary N) is 1. The maximum absolute atomic E-state index is 11.2. The van der Waals surface area contributed by atoms with Crippen molar-refractivity contribution in [1.82, 2.24) is 4.90 Å². The van der Waals surface area contributed by atoms with Gasteiger partial charge in [-0.2, -0.15) is 0 Å². The van der Waals surface area contributed by atoms with Gasteiger partial charge in [-0.3, -0.25) is 4.79 Å². The standard InChI is InChI=1S/C21H26N2O3.C2H2O4/c22-21(25)18-10-12-23(13-11-18)14-19(24)15-26-20-8-6-17(7-9-20)16-4-2-1-3-5-16;3-1(4)2(5)6/h1-9,18-19,24H,10-15H2,(H2,22,25);(H,3,4)(H,5,6). The highest BCUT2D eigenvalue weighted by atomic mass is 16.5. The van der Waals surface area contributed by atoms with E-state index in [1.165, 1.54) is 5.56 Å². The van der Waals surface area contributed by atoms with Gasteiger partial charge in [0.2, 0.25) is 5.91 Å². The van der Waals surface area contributed by atoms with Gasteiger partial charge in [-0.25, -0.2) is 9.59 Å². The van der Waals surface area contributed by atoms with Crippen LogP contribution in [0.1, 0.15) is 12.8 Å². The number of likely N-dealkylation sites (tertiary alicyclic amines) is 1. The quantitative estimate of drug-likeness (QED) is 0.469.